The van der Waals surface area contributed by atoms with Crippen LogP contribution in [0.2, 0.25) is 0 Å². The van der Waals surface area contributed by atoms with Crippen LogP contribution in [-0.2, 0) is 19.9 Å². The van der Waals surface area contributed by atoms with Crippen molar-refractivity contribution in [3.8, 4) is 0 Å². The molecule has 0 fully saturated rings. The minimum Gasteiger partial charge on any atom is -0.477 e. The summed E-state index contributed by atoms with van der Waals surface area (Å²) in [5.41, 5.74) is 0.577. The van der Waals surface area contributed by atoms with Crippen LogP contribution in [0.15, 0.2) is 0 Å². The van der Waals surface area contributed by atoms with Crippen LogP contribution in [0.3, 0.4) is 0 Å². The van der Waals surface area contributed by atoms with Crippen LogP contribution in [0, 0.1) is 5.92 Å². The molecule has 1 aliphatic carbocycles. The molecule has 1 aromatic heterocycles. The molecule has 0 spiro atoms. The number of aromatic carboxylic acids is 1. The highest BCUT2D eigenvalue weighted by atomic mass is 19.4. The zero-order valence-corrected chi connectivity index (χ0v) is 9.08. The van der Waals surface area contributed by atoms with Gasteiger partial charge in [0.1, 0.15) is 5.69 Å². The molecule has 4 nitrogen and oxygen atoms in total. The van der Waals surface area contributed by atoms with E-state index in [9.17, 15) is 18.0 Å². The molecule has 0 saturated heterocycles. The summed E-state index contributed by atoms with van der Waals surface area (Å²) in [4.78, 5) is 11.0. The zero-order chi connectivity index (χ0) is 12.8. The molecule has 0 aliphatic heterocycles. The van der Waals surface area contributed by atoms with Crippen molar-refractivity contribution in [2.75, 3.05) is 0 Å². The highest BCUT2D eigenvalue weighted by molar-refractivity contribution is 5.87. The van der Waals surface area contributed by atoms with Gasteiger partial charge in [0.2, 0.25) is 0 Å². The van der Waals surface area contributed by atoms with Crippen LogP contribution in [-0.4, -0.2) is 27.0 Å². The fourth-order valence-electron chi connectivity index (χ4n) is 2.25. The lowest BCUT2D eigenvalue weighted by Gasteiger charge is -2.23. The van der Waals surface area contributed by atoms with Crippen LogP contribution in [0.25, 0.3) is 0 Å². The Morgan fingerprint density at radius 3 is 2.71 bits per heavy atom. The summed E-state index contributed by atoms with van der Waals surface area (Å²) in [7, 11) is 1.43. The molecule has 1 heterocycles. The van der Waals surface area contributed by atoms with E-state index in [1.807, 2.05) is 0 Å². The second kappa shape index (κ2) is 3.75. The third-order valence-corrected chi connectivity index (χ3v) is 3.07. The number of aromatic nitrogens is 2. The molecule has 94 valence electrons. The third-order valence-electron chi connectivity index (χ3n) is 3.07. The topological polar surface area (TPSA) is 55.1 Å². The molecule has 1 aliphatic rings. The normalized spacial score (nSPS) is 20.1. The van der Waals surface area contributed by atoms with Crippen molar-refractivity contribution in [3.05, 3.63) is 17.0 Å². The van der Waals surface area contributed by atoms with Crippen molar-refractivity contribution in [2.24, 2.45) is 13.0 Å². The maximum atomic E-state index is 12.6. The standard InChI is InChI=1S/C10H11F3N2O2/c1-15-8(9(16)17)6-4-5(10(11,12)13)2-3-7(6)14-15/h5H,2-4H2,1H3,(H,16,17)/t5-/m1/s1. The van der Waals surface area contributed by atoms with Gasteiger partial charge in [-0.05, 0) is 19.3 Å². The van der Waals surface area contributed by atoms with Crippen molar-refractivity contribution in [2.45, 2.75) is 25.4 Å². The van der Waals surface area contributed by atoms with Gasteiger partial charge < -0.3 is 5.11 Å². The molecule has 0 bridgehead atoms. The maximum absolute atomic E-state index is 12.6. The van der Waals surface area contributed by atoms with Gasteiger partial charge in [-0.15, -0.1) is 0 Å². The summed E-state index contributed by atoms with van der Waals surface area (Å²) in [6.45, 7) is 0. The van der Waals surface area contributed by atoms with Crippen molar-refractivity contribution < 1.29 is 23.1 Å². The van der Waals surface area contributed by atoms with Crippen LogP contribution in [0.4, 0.5) is 13.2 Å². The van der Waals surface area contributed by atoms with E-state index in [-0.39, 0.29) is 30.5 Å². The minimum atomic E-state index is -4.27. The molecule has 0 amide bonds. The van der Waals surface area contributed by atoms with Gasteiger partial charge in [-0.2, -0.15) is 18.3 Å². The number of nitrogens with zero attached hydrogens (tertiary/aromatic N) is 2. The van der Waals surface area contributed by atoms with Crippen LogP contribution >= 0.6 is 0 Å². The van der Waals surface area contributed by atoms with Gasteiger partial charge in [0, 0.05) is 12.6 Å². The maximum Gasteiger partial charge on any atom is 0.392 e. The summed E-state index contributed by atoms with van der Waals surface area (Å²) >= 11 is 0. The SMILES string of the molecule is Cn1nc2c(c1C(=O)O)C[C@H](C(F)(F)F)CC2. The molecule has 17 heavy (non-hydrogen) atoms. The second-order valence-electron chi connectivity index (χ2n) is 4.18. The van der Waals surface area contributed by atoms with Gasteiger partial charge in [0.15, 0.2) is 0 Å². The van der Waals surface area contributed by atoms with Gasteiger partial charge in [0.05, 0.1) is 11.6 Å². The Hall–Kier alpha value is -1.53. The number of aryl methyl sites for hydroxylation is 2. The number of carboxylic acids is 1. The molecule has 1 atom stereocenters. The highest BCUT2D eigenvalue weighted by Gasteiger charge is 2.43. The molecule has 7 heteroatoms. The van der Waals surface area contributed by atoms with E-state index in [0.29, 0.717) is 5.69 Å². The highest BCUT2D eigenvalue weighted by Crippen LogP contribution is 2.37. The Kier molecular flexibility index (Phi) is 2.63. The van der Waals surface area contributed by atoms with Crippen molar-refractivity contribution in [1.29, 1.82) is 0 Å². The third kappa shape index (κ3) is 2.01. The van der Waals surface area contributed by atoms with Gasteiger partial charge in [-0.1, -0.05) is 0 Å². The van der Waals surface area contributed by atoms with E-state index in [4.69, 9.17) is 5.11 Å². The van der Waals surface area contributed by atoms with Crippen LogP contribution in [0.1, 0.15) is 28.2 Å². The van der Waals surface area contributed by atoms with Crippen LogP contribution in [0.5, 0.6) is 0 Å². The van der Waals surface area contributed by atoms with Crippen LogP contribution < -0.4 is 0 Å². The fourth-order valence-corrected chi connectivity index (χ4v) is 2.25. The number of carboxylic acid groups (broad SMARTS) is 1. The first-order valence-corrected chi connectivity index (χ1v) is 5.15. The predicted octanol–water partition coefficient (Wildman–Crippen LogP) is 1.79. The van der Waals surface area contributed by atoms with E-state index in [1.165, 1.54) is 7.05 Å². The fraction of sp³-hybridized carbons (Fsp3) is 0.600. The number of hydrogen-bond acceptors (Lipinski definition) is 2. The zero-order valence-electron chi connectivity index (χ0n) is 9.08. The van der Waals surface area contributed by atoms with Gasteiger partial charge in [0.25, 0.3) is 0 Å². The molecule has 1 N–H and O–H groups in total. The van der Waals surface area contributed by atoms with Gasteiger partial charge >= 0.3 is 12.1 Å². The quantitative estimate of drug-likeness (QED) is 0.824. The van der Waals surface area contributed by atoms with E-state index < -0.39 is 18.1 Å². The summed E-state index contributed by atoms with van der Waals surface area (Å²) in [5.74, 6) is -2.69. The van der Waals surface area contributed by atoms with Crippen molar-refractivity contribution in [1.82, 2.24) is 9.78 Å². The molecule has 0 saturated carbocycles. The average molecular weight is 248 g/mol. The minimum absolute atomic E-state index is 0.0213. The first kappa shape index (κ1) is 11.9. The summed E-state index contributed by atoms with van der Waals surface area (Å²) in [6.07, 6.45) is -4.40. The molecule has 0 radical (unpaired) electrons. The number of carbonyl (C=O) groups is 1. The van der Waals surface area contributed by atoms with E-state index >= 15 is 0 Å². The molecule has 1 aromatic rings. The van der Waals surface area contributed by atoms with Gasteiger partial charge in [-0.25, -0.2) is 4.79 Å². The molecular weight excluding hydrogens is 237 g/mol. The lowest BCUT2D eigenvalue weighted by molar-refractivity contribution is -0.177. The summed E-state index contributed by atoms with van der Waals surface area (Å²) in [5, 5.41) is 12.9. The smallest absolute Gasteiger partial charge is 0.392 e. The average Bonchev–Trinajstić information content (AvgIpc) is 2.50. The van der Waals surface area contributed by atoms with Crippen molar-refractivity contribution in [3.63, 3.8) is 0 Å². The van der Waals surface area contributed by atoms with E-state index in [1.54, 1.807) is 0 Å². The second-order valence-corrected chi connectivity index (χ2v) is 4.18. The van der Waals surface area contributed by atoms with Gasteiger partial charge in [-0.3, -0.25) is 4.68 Å². The Morgan fingerprint density at radius 2 is 2.18 bits per heavy atom. The molecule has 0 aromatic carbocycles. The Bertz CT molecular complexity index is 465. The number of alkyl halides is 3. The Labute approximate surface area is 95.0 Å². The number of halogens is 3. The largest absolute Gasteiger partial charge is 0.477 e. The summed E-state index contributed by atoms with van der Waals surface area (Å²) in [6, 6.07) is 0. The molecular formula is C10H11F3N2O2. The first-order valence-electron chi connectivity index (χ1n) is 5.15. The first-order chi connectivity index (χ1) is 7.80. The Morgan fingerprint density at radius 1 is 1.53 bits per heavy atom. The lowest BCUT2D eigenvalue weighted by atomic mass is 9.86. The lowest BCUT2D eigenvalue weighted by Crippen LogP contribution is -2.29. The van der Waals surface area contributed by atoms with E-state index in [0.717, 1.165) is 4.68 Å². The number of hydrogen-bond donors (Lipinski definition) is 1. The summed E-state index contributed by atoms with van der Waals surface area (Å²) < 4.78 is 38.9. The number of fused-ring (bicyclic) bond motifs is 1. The van der Waals surface area contributed by atoms with Crippen molar-refractivity contribution >= 4 is 5.97 Å². The Balaban J connectivity index is 2.39. The molecule has 2 rings (SSSR count). The predicted molar refractivity (Wildman–Crippen MR) is 51.7 cm³/mol. The molecule has 0 unspecified atom stereocenters. The monoisotopic (exact) mass is 248 g/mol. The van der Waals surface area contributed by atoms with E-state index in [2.05, 4.69) is 5.10 Å². The number of rotatable bonds is 1.